The molecule has 0 fully saturated rings. The number of benzene rings is 2. The van der Waals surface area contributed by atoms with Crippen LogP contribution in [0.15, 0.2) is 62.2 Å². The summed E-state index contributed by atoms with van der Waals surface area (Å²) >= 11 is 3.41. The molecule has 3 aromatic rings. The largest absolute Gasteiger partial charge is 0.441 e. The Morgan fingerprint density at radius 2 is 1.96 bits per heavy atom. The van der Waals surface area contributed by atoms with E-state index in [4.69, 9.17) is 14.6 Å². The second-order valence-electron chi connectivity index (χ2n) is 5.73. The zero-order chi connectivity index (χ0) is 17.6. The highest BCUT2D eigenvalue weighted by Crippen LogP contribution is 2.43. The minimum atomic E-state index is -0.897. The number of nitrogens with zero attached hydrogens (tertiary/aromatic N) is 1. The number of para-hydroxylation sites is 1. The van der Waals surface area contributed by atoms with Crippen LogP contribution in [0.4, 0.5) is 0 Å². The normalized spacial score (nSPS) is 19.1. The monoisotopic (exact) mass is 394 g/mol. The van der Waals surface area contributed by atoms with Crippen LogP contribution in [0.3, 0.4) is 0 Å². The third-order valence-electron chi connectivity index (χ3n) is 4.28. The molecule has 2 heterocycles. The molecule has 0 saturated carbocycles. The molecule has 122 valence electrons. The summed E-state index contributed by atoms with van der Waals surface area (Å²) in [4.78, 5) is 12.7. The number of halogens is 1. The van der Waals surface area contributed by atoms with Gasteiger partial charge < -0.3 is 9.15 Å². The molecule has 0 aliphatic carbocycles. The third-order valence-corrected chi connectivity index (χ3v) is 4.78. The molecule has 0 saturated heterocycles. The Bertz CT molecular complexity index is 1110. The molecule has 1 aliphatic heterocycles. The van der Waals surface area contributed by atoms with Crippen LogP contribution in [0.2, 0.25) is 0 Å². The predicted octanol–water partition coefficient (Wildman–Crippen LogP) is 4.20. The molecule has 5 nitrogen and oxygen atoms in total. The zero-order valence-electron chi connectivity index (χ0n) is 12.8. The number of rotatable bonds is 1. The Hall–Kier alpha value is -2.91. The van der Waals surface area contributed by atoms with E-state index in [2.05, 4.69) is 22.0 Å². The summed E-state index contributed by atoms with van der Waals surface area (Å²) in [5, 5.41) is 18.4. The molecule has 1 aromatic heterocycles. The smallest absolute Gasteiger partial charge is 0.343 e. The molecule has 1 N–H and O–H groups in total. The minimum Gasteiger partial charge on any atom is -0.441 e. The molecule has 4 rings (SSSR count). The summed E-state index contributed by atoms with van der Waals surface area (Å²) in [6, 6.07) is 16.5. The van der Waals surface area contributed by atoms with Crippen LogP contribution in [-0.2, 0) is 0 Å². The Balaban J connectivity index is 2.08. The maximum atomic E-state index is 12.7. The van der Waals surface area contributed by atoms with Crippen molar-refractivity contribution in [3.05, 3.63) is 74.6 Å². The maximum Gasteiger partial charge on any atom is 0.343 e. The number of hydrogen-bond donors (Lipinski definition) is 1. The van der Waals surface area contributed by atoms with Crippen LogP contribution >= 0.6 is 15.9 Å². The summed E-state index contributed by atoms with van der Waals surface area (Å²) in [5.41, 5.74) is 0.867. The van der Waals surface area contributed by atoms with E-state index in [0.717, 1.165) is 10.0 Å². The van der Waals surface area contributed by atoms with Crippen molar-refractivity contribution in [3.8, 4) is 11.8 Å². The predicted molar refractivity (Wildman–Crippen MR) is 95.9 cm³/mol. The molecule has 0 radical (unpaired) electrons. The molecule has 25 heavy (non-hydrogen) atoms. The van der Waals surface area contributed by atoms with E-state index >= 15 is 0 Å². The topological polar surface area (TPSA) is 87.1 Å². The summed E-state index contributed by atoms with van der Waals surface area (Å²) in [7, 11) is 0. The molecule has 0 amide bonds. The molecule has 1 aliphatic rings. The van der Waals surface area contributed by atoms with Gasteiger partial charge in [-0.2, -0.15) is 5.26 Å². The summed E-state index contributed by atoms with van der Waals surface area (Å²) in [6.07, 6.45) is 0. The number of nitrogens with one attached hydrogen (secondary N) is 1. The van der Waals surface area contributed by atoms with E-state index in [-0.39, 0.29) is 11.5 Å². The second-order valence-corrected chi connectivity index (χ2v) is 6.65. The first-order valence-electron chi connectivity index (χ1n) is 7.57. The molecular formula is C19H11BrN2O3. The van der Waals surface area contributed by atoms with Gasteiger partial charge in [0.15, 0.2) is 5.75 Å². The third kappa shape index (κ3) is 2.44. The maximum absolute atomic E-state index is 12.7. The van der Waals surface area contributed by atoms with Crippen molar-refractivity contribution < 1.29 is 9.15 Å². The SMILES string of the molecule is N#CC1C(=N)Oc2c(c(=O)oc3ccccc23)C1c1cccc(Br)c1. The number of nitriles is 1. The van der Waals surface area contributed by atoms with Crippen LogP contribution < -0.4 is 10.4 Å². The van der Waals surface area contributed by atoms with Gasteiger partial charge in [-0.25, -0.2) is 4.79 Å². The van der Waals surface area contributed by atoms with Crippen molar-refractivity contribution in [2.75, 3.05) is 0 Å². The fourth-order valence-electron chi connectivity index (χ4n) is 3.20. The highest BCUT2D eigenvalue weighted by atomic mass is 79.9. The van der Waals surface area contributed by atoms with Crippen molar-refractivity contribution in [2.45, 2.75) is 5.92 Å². The van der Waals surface area contributed by atoms with Gasteiger partial charge in [0.25, 0.3) is 0 Å². The average Bonchev–Trinajstić information content (AvgIpc) is 2.60. The van der Waals surface area contributed by atoms with Crippen LogP contribution in [0.25, 0.3) is 11.0 Å². The van der Waals surface area contributed by atoms with Gasteiger partial charge in [0.05, 0.1) is 17.0 Å². The Morgan fingerprint density at radius 3 is 2.72 bits per heavy atom. The van der Waals surface area contributed by atoms with Crippen molar-refractivity contribution in [3.63, 3.8) is 0 Å². The molecule has 0 spiro atoms. The van der Waals surface area contributed by atoms with Gasteiger partial charge in [-0.05, 0) is 29.8 Å². The van der Waals surface area contributed by atoms with Crippen molar-refractivity contribution >= 4 is 32.8 Å². The molecule has 2 unspecified atom stereocenters. The second kappa shape index (κ2) is 5.87. The fourth-order valence-corrected chi connectivity index (χ4v) is 3.61. The summed E-state index contributed by atoms with van der Waals surface area (Å²) in [5.74, 6) is -1.39. The van der Waals surface area contributed by atoms with Crippen molar-refractivity contribution in [1.29, 1.82) is 10.7 Å². The number of ether oxygens (including phenoxy) is 1. The quantitative estimate of drug-likeness (QED) is 0.626. The van der Waals surface area contributed by atoms with Crippen molar-refractivity contribution in [2.24, 2.45) is 5.92 Å². The lowest BCUT2D eigenvalue weighted by molar-refractivity contribution is 0.431. The molecular weight excluding hydrogens is 384 g/mol. The molecule has 6 heteroatoms. The Morgan fingerprint density at radius 1 is 1.16 bits per heavy atom. The van der Waals surface area contributed by atoms with E-state index in [0.29, 0.717) is 16.7 Å². The molecule has 0 bridgehead atoms. The first kappa shape index (κ1) is 15.6. The summed E-state index contributed by atoms with van der Waals surface area (Å²) < 4.78 is 11.9. The fraction of sp³-hybridized carbons (Fsp3) is 0.105. The lowest BCUT2D eigenvalue weighted by Gasteiger charge is -2.29. The summed E-state index contributed by atoms with van der Waals surface area (Å²) in [6.45, 7) is 0. The van der Waals surface area contributed by atoms with Gasteiger partial charge in [-0.1, -0.05) is 40.2 Å². The first-order valence-corrected chi connectivity index (χ1v) is 8.36. The van der Waals surface area contributed by atoms with E-state index in [1.54, 1.807) is 24.3 Å². The van der Waals surface area contributed by atoms with E-state index in [1.807, 2.05) is 24.3 Å². The van der Waals surface area contributed by atoms with Gasteiger partial charge >= 0.3 is 5.63 Å². The zero-order valence-corrected chi connectivity index (χ0v) is 14.4. The lowest BCUT2D eigenvalue weighted by atomic mass is 9.79. The van der Waals surface area contributed by atoms with Crippen LogP contribution in [0.1, 0.15) is 17.0 Å². The van der Waals surface area contributed by atoms with Gasteiger partial charge in [0.2, 0.25) is 5.90 Å². The standard InChI is InChI=1S/C19H11BrN2O3/c20-11-5-3-4-10(8-11)15-13(9-21)18(22)25-17-12-6-1-2-7-14(12)24-19(23)16(15)17/h1-8,13,15,22H. The molecule has 2 aromatic carbocycles. The lowest BCUT2D eigenvalue weighted by Crippen LogP contribution is -2.34. The number of fused-ring (bicyclic) bond motifs is 3. The van der Waals surface area contributed by atoms with Gasteiger partial charge in [0, 0.05) is 10.4 Å². The highest BCUT2D eigenvalue weighted by Gasteiger charge is 2.40. The average molecular weight is 395 g/mol. The van der Waals surface area contributed by atoms with Gasteiger partial charge in [0.1, 0.15) is 11.5 Å². The minimum absolute atomic E-state index is 0.171. The van der Waals surface area contributed by atoms with E-state index in [9.17, 15) is 10.1 Å². The van der Waals surface area contributed by atoms with Crippen LogP contribution in [0, 0.1) is 22.7 Å². The first-order chi connectivity index (χ1) is 12.1. The Labute approximate surface area is 151 Å². The van der Waals surface area contributed by atoms with E-state index in [1.165, 1.54) is 0 Å². The van der Waals surface area contributed by atoms with Crippen LogP contribution in [-0.4, -0.2) is 5.90 Å². The van der Waals surface area contributed by atoms with E-state index < -0.39 is 17.5 Å². The molecule has 2 atom stereocenters. The van der Waals surface area contributed by atoms with Gasteiger partial charge in [-0.3, -0.25) is 5.41 Å². The highest BCUT2D eigenvalue weighted by molar-refractivity contribution is 9.10. The number of hydrogen-bond acceptors (Lipinski definition) is 5. The van der Waals surface area contributed by atoms with Crippen LogP contribution in [0.5, 0.6) is 5.75 Å². The van der Waals surface area contributed by atoms with Gasteiger partial charge in [-0.15, -0.1) is 0 Å². The van der Waals surface area contributed by atoms with Crippen molar-refractivity contribution in [1.82, 2.24) is 0 Å². The Kier molecular flexibility index (Phi) is 3.66.